The van der Waals surface area contributed by atoms with Crippen LogP contribution in [0.5, 0.6) is 0 Å². The Morgan fingerprint density at radius 2 is 1.74 bits per heavy atom. The number of alkyl halides is 3. The molecule has 1 aliphatic carbocycles. The van der Waals surface area contributed by atoms with Gasteiger partial charge in [0.15, 0.2) is 0 Å². The summed E-state index contributed by atoms with van der Waals surface area (Å²) in [6.45, 7) is 2.98. The molecule has 2 aromatic carbocycles. The van der Waals surface area contributed by atoms with Gasteiger partial charge >= 0.3 is 6.18 Å². The molecule has 9 heteroatoms. The number of nitrogens with zero attached hydrogens (tertiary/aromatic N) is 1. The first-order valence-electron chi connectivity index (χ1n) is 11.8. The number of carbonyl (C=O) groups is 2. The van der Waals surface area contributed by atoms with Gasteiger partial charge in [-0.05, 0) is 56.4 Å². The van der Waals surface area contributed by atoms with Crippen LogP contribution in [-0.2, 0) is 16.6 Å². The first kappa shape index (κ1) is 25.2. The summed E-state index contributed by atoms with van der Waals surface area (Å²) in [4.78, 5) is 27.4. The second-order valence-corrected chi connectivity index (χ2v) is 9.50. The summed E-state index contributed by atoms with van der Waals surface area (Å²) in [5.41, 5.74) is -0.00751. The molecule has 6 nitrogen and oxygen atoms in total. The van der Waals surface area contributed by atoms with Gasteiger partial charge in [0.2, 0.25) is 5.91 Å². The zero-order valence-corrected chi connectivity index (χ0v) is 19.6. The molecule has 4 rings (SSSR count). The third-order valence-electron chi connectivity index (χ3n) is 7.06. The Morgan fingerprint density at radius 1 is 1.09 bits per heavy atom. The summed E-state index contributed by atoms with van der Waals surface area (Å²) in [5.74, 6) is -1.00. The molecule has 1 aliphatic heterocycles. The minimum absolute atomic E-state index is 0.0106. The topological polar surface area (TPSA) is 81.7 Å². The van der Waals surface area contributed by atoms with Crippen molar-refractivity contribution in [2.75, 3.05) is 19.6 Å². The van der Waals surface area contributed by atoms with Crippen molar-refractivity contribution in [1.82, 2.24) is 15.5 Å². The highest BCUT2D eigenvalue weighted by Gasteiger charge is 2.41. The number of amides is 2. The highest BCUT2D eigenvalue weighted by Crippen LogP contribution is 2.39. The van der Waals surface area contributed by atoms with Gasteiger partial charge in [-0.25, -0.2) is 0 Å². The van der Waals surface area contributed by atoms with Crippen molar-refractivity contribution in [3.05, 3.63) is 70.8 Å². The molecule has 0 spiro atoms. The largest absolute Gasteiger partial charge is 0.416 e. The quantitative estimate of drug-likeness (QED) is 0.581. The Labute approximate surface area is 202 Å². The molecule has 2 aliphatic rings. The van der Waals surface area contributed by atoms with Gasteiger partial charge in [-0.15, -0.1) is 0 Å². The maximum atomic E-state index is 13.1. The summed E-state index contributed by atoms with van der Waals surface area (Å²) < 4.78 is 38.9. The lowest BCUT2D eigenvalue weighted by atomic mass is 9.76. The summed E-state index contributed by atoms with van der Waals surface area (Å²) >= 11 is 0. The van der Waals surface area contributed by atoms with E-state index in [0.29, 0.717) is 38.8 Å². The van der Waals surface area contributed by atoms with Gasteiger partial charge in [-0.1, -0.05) is 35.9 Å². The summed E-state index contributed by atoms with van der Waals surface area (Å²) in [6.07, 6.45) is -2.29. The average molecular weight is 490 g/mol. The first-order valence-corrected chi connectivity index (χ1v) is 11.8. The molecular weight excluding hydrogens is 459 g/mol. The number of hydrogen-bond acceptors (Lipinski definition) is 4. The summed E-state index contributed by atoms with van der Waals surface area (Å²) in [7, 11) is 0. The van der Waals surface area contributed by atoms with Crippen LogP contribution < -0.4 is 10.6 Å². The molecule has 1 saturated heterocycles. The third kappa shape index (κ3) is 5.67. The minimum Gasteiger partial charge on any atom is -0.385 e. The lowest BCUT2D eigenvalue weighted by Crippen LogP contribution is -2.63. The number of benzene rings is 2. The Hall–Kier alpha value is -2.91. The van der Waals surface area contributed by atoms with Crippen molar-refractivity contribution in [3.8, 4) is 0 Å². The standard InChI is InChI=1S/C26H30F3N3O3/c1-17-5-7-19(8-6-17)25(35)11-9-21(10-12-25)32(22-14-30-15-22)23(33)16-31-24(34)18-3-2-4-20(13-18)26(27,28)29/h2-8,13,21-22,30,35H,9-12,14-16H2,1H3,(H,31,34). The fourth-order valence-electron chi connectivity index (χ4n) is 4.87. The highest BCUT2D eigenvalue weighted by molar-refractivity contribution is 5.96. The molecule has 0 unspecified atom stereocenters. The number of rotatable bonds is 6. The van der Waals surface area contributed by atoms with E-state index in [-0.39, 0.29) is 30.1 Å². The van der Waals surface area contributed by atoms with E-state index in [1.807, 2.05) is 31.2 Å². The molecule has 2 fully saturated rings. The van der Waals surface area contributed by atoms with E-state index >= 15 is 0 Å². The van der Waals surface area contributed by atoms with Crippen molar-refractivity contribution < 1.29 is 27.9 Å². The van der Waals surface area contributed by atoms with Crippen molar-refractivity contribution >= 4 is 11.8 Å². The normalized spacial score (nSPS) is 22.8. The zero-order valence-electron chi connectivity index (χ0n) is 19.6. The molecule has 0 atom stereocenters. The molecule has 0 bridgehead atoms. The zero-order chi connectivity index (χ0) is 25.2. The molecule has 0 radical (unpaired) electrons. The number of aryl methyl sites for hydroxylation is 1. The monoisotopic (exact) mass is 489 g/mol. The maximum Gasteiger partial charge on any atom is 0.416 e. The van der Waals surface area contributed by atoms with E-state index < -0.39 is 23.2 Å². The number of carbonyl (C=O) groups excluding carboxylic acids is 2. The van der Waals surface area contributed by atoms with Crippen LogP contribution in [0.25, 0.3) is 0 Å². The van der Waals surface area contributed by atoms with E-state index in [0.717, 1.165) is 23.3 Å². The number of halogens is 3. The van der Waals surface area contributed by atoms with Gasteiger partial charge in [0.25, 0.3) is 5.91 Å². The predicted molar refractivity (Wildman–Crippen MR) is 125 cm³/mol. The SMILES string of the molecule is Cc1ccc(C2(O)CCC(N(C(=O)CNC(=O)c3cccc(C(F)(F)F)c3)C3CNC3)CC2)cc1. The second kappa shape index (κ2) is 9.99. The Kier molecular flexibility index (Phi) is 7.19. The van der Waals surface area contributed by atoms with Crippen LogP contribution in [0.15, 0.2) is 48.5 Å². The molecule has 1 saturated carbocycles. The predicted octanol–water partition coefficient (Wildman–Crippen LogP) is 3.37. The van der Waals surface area contributed by atoms with Crippen molar-refractivity contribution in [3.63, 3.8) is 0 Å². The van der Waals surface area contributed by atoms with Crippen LogP contribution in [0.3, 0.4) is 0 Å². The molecule has 3 N–H and O–H groups in total. The molecule has 1 heterocycles. The smallest absolute Gasteiger partial charge is 0.385 e. The summed E-state index contributed by atoms with van der Waals surface area (Å²) in [5, 5.41) is 16.8. The third-order valence-corrected chi connectivity index (χ3v) is 7.06. The maximum absolute atomic E-state index is 13.1. The molecule has 35 heavy (non-hydrogen) atoms. The fourth-order valence-corrected chi connectivity index (χ4v) is 4.87. The van der Waals surface area contributed by atoms with Crippen LogP contribution in [0.1, 0.15) is 52.7 Å². The van der Waals surface area contributed by atoms with Crippen LogP contribution in [-0.4, -0.2) is 53.5 Å². The van der Waals surface area contributed by atoms with Gasteiger partial charge < -0.3 is 20.6 Å². The van der Waals surface area contributed by atoms with Crippen LogP contribution in [0.4, 0.5) is 13.2 Å². The molecule has 188 valence electrons. The van der Waals surface area contributed by atoms with Crippen LogP contribution in [0.2, 0.25) is 0 Å². The number of nitrogens with one attached hydrogen (secondary N) is 2. The van der Waals surface area contributed by atoms with E-state index in [4.69, 9.17) is 0 Å². The van der Waals surface area contributed by atoms with Gasteiger partial charge in [-0.3, -0.25) is 9.59 Å². The van der Waals surface area contributed by atoms with Crippen LogP contribution >= 0.6 is 0 Å². The van der Waals surface area contributed by atoms with Crippen molar-refractivity contribution in [2.45, 2.75) is 56.5 Å². The second-order valence-electron chi connectivity index (χ2n) is 9.50. The van der Waals surface area contributed by atoms with E-state index in [9.17, 15) is 27.9 Å². The fraction of sp³-hybridized carbons (Fsp3) is 0.462. The van der Waals surface area contributed by atoms with E-state index in [1.54, 1.807) is 4.90 Å². The average Bonchev–Trinajstić information content (AvgIpc) is 2.80. The van der Waals surface area contributed by atoms with Gasteiger partial charge in [-0.2, -0.15) is 13.2 Å². The van der Waals surface area contributed by atoms with Crippen molar-refractivity contribution in [1.29, 1.82) is 0 Å². The molecular formula is C26H30F3N3O3. The Balaban J connectivity index is 1.39. The first-order chi connectivity index (χ1) is 16.6. The Morgan fingerprint density at radius 3 is 2.31 bits per heavy atom. The molecule has 0 aromatic heterocycles. The lowest BCUT2D eigenvalue weighted by molar-refractivity contribution is -0.139. The number of aliphatic hydroxyl groups is 1. The van der Waals surface area contributed by atoms with Crippen molar-refractivity contribution in [2.24, 2.45) is 0 Å². The number of hydrogen-bond donors (Lipinski definition) is 3. The molecule has 2 aromatic rings. The van der Waals surface area contributed by atoms with E-state index in [2.05, 4.69) is 10.6 Å². The minimum atomic E-state index is -4.55. The van der Waals surface area contributed by atoms with Gasteiger partial charge in [0.1, 0.15) is 0 Å². The Bertz CT molecular complexity index is 1060. The lowest BCUT2D eigenvalue weighted by Gasteiger charge is -2.47. The van der Waals surface area contributed by atoms with E-state index in [1.165, 1.54) is 12.1 Å². The highest BCUT2D eigenvalue weighted by atomic mass is 19.4. The van der Waals surface area contributed by atoms with Gasteiger partial charge in [0, 0.05) is 24.7 Å². The van der Waals surface area contributed by atoms with Crippen LogP contribution in [0, 0.1) is 6.92 Å². The summed E-state index contributed by atoms with van der Waals surface area (Å²) in [6, 6.07) is 11.9. The van der Waals surface area contributed by atoms with Gasteiger partial charge in [0.05, 0.1) is 23.8 Å². The molecule has 2 amide bonds.